The number of fused-ring (bicyclic) bond motifs is 9. The van der Waals surface area contributed by atoms with Crippen LogP contribution in [0.1, 0.15) is 0 Å². The fourth-order valence-corrected chi connectivity index (χ4v) is 9.30. The van der Waals surface area contributed by atoms with Crippen LogP contribution in [0.4, 0.5) is 0 Å². The highest BCUT2D eigenvalue weighted by atomic mass is 15.2. The highest BCUT2D eigenvalue weighted by molar-refractivity contribution is 6.10. The molecule has 0 atom stereocenters. The van der Waals surface area contributed by atoms with E-state index >= 15 is 0 Å². The summed E-state index contributed by atoms with van der Waals surface area (Å²) in [5, 5.41) is 6.98. The molecule has 63 heavy (non-hydrogen) atoms. The van der Waals surface area contributed by atoms with E-state index in [2.05, 4.69) is 177 Å². The molecule has 0 amide bonds. The zero-order valence-corrected chi connectivity index (χ0v) is 33.6. The van der Waals surface area contributed by atoms with Gasteiger partial charge in [0.2, 0.25) is 17.8 Å². The summed E-state index contributed by atoms with van der Waals surface area (Å²) >= 11 is 0. The maximum Gasteiger partial charge on any atom is 0.234 e. The number of hydrogen-bond acceptors (Lipinski definition) is 6. The molecule has 7 aromatic carbocycles. The summed E-state index contributed by atoms with van der Waals surface area (Å²) in [6.07, 6.45) is 11.4. The van der Waals surface area contributed by atoms with Gasteiger partial charge >= 0.3 is 0 Å². The second-order valence-corrected chi connectivity index (χ2v) is 15.7. The number of benzene rings is 7. The Kier molecular flexibility index (Phi) is 7.70. The third-order valence-corrected chi connectivity index (χ3v) is 12.2. The van der Waals surface area contributed by atoms with E-state index < -0.39 is 0 Å². The van der Waals surface area contributed by atoms with Gasteiger partial charge in [-0.1, -0.05) is 109 Å². The van der Waals surface area contributed by atoms with Gasteiger partial charge in [-0.05, 0) is 71.3 Å². The molecule has 9 nitrogen and oxygen atoms in total. The van der Waals surface area contributed by atoms with Crippen molar-refractivity contribution >= 4 is 65.4 Å². The largest absolute Gasteiger partial charge is 0.278 e. The van der Waals surface area contributed by atoms with Crippen LogP contribution in [0.5, 0.6) is 0 Å². The van der Waals surface area contributed by atoms with Crippen molar-refractivity contribution in [1.29, 1.82) is 0 Å². The lowest BCUT2D eigenvalue weighted by atomic mass is 9.96. The Hall–Kier alpha value is -8.82. The van der Waals surface area contributed by atoms with Gasteiger partial charge in [-0.2, -0.15) is 0 Å². The van der Waals surface area contributed by atoms with E-state index in [1.165, 1.54) is 0 Å². The third kappa shape index (κ3) is 5.50. The van der Waals surface area contributed by atoms with Gasteiger partial charge in [-0.15, -0.1) is 0 Å². The molecule has 0 aliphatic rings. The minimum atomic E-state index is 0.607. The van der Waals surface area contributed by atoms with Crippen LogP contribution in [0.25, 0.3) is 117 Å². The molecule has 0 N–H and O–H groups in total. The van der Waals surface area contributed by atoms with Gasteiger partial charge < -0.3 is 0 Å². The second-order valence-electron chi connectivity index (χ2n) is 15.7. The van der Waals surface area contributed by atoms with Crippen LogP contribution in [0.3, 0.4) is 0 Å². The average Bonchev–Trinajstić information content (AvgIpc) is 4.00. The van der Waals surface area contributed by atoms with Crippen LogP contribution in [0.15, 0.2) is 201 Å². The van der Waals surface area contributed by atoms with Gasteiger partial charge in [-0.3, -0.25) is 13.7 Å². The molecule has 6 aromatic heterocycles. The number of aromatic nitrogens is 9. The molecular weight excluding hydrogens is 775 g/mol. The maximum atomic E-state index is 4.98. The highest BCUT2D eigenvalue weighted by Crippen LogP contribution is 2.36. The Labute approximate surface area is 359 Å². The van der Waals surface area contributed by atoms with Crippen molar-refractivity contribution in [3.05, 3.63) is 201 Å². The van der Waals surface area contributed by atoms with Gasteiger partial charge in [-0.25, -0.2) is 29.9 Å². The standard InChI is InChI=1S/C54H33N9/c1-7-19-46-40(13-1)41-14-2-8-20-47(41)61(46)52-55-28-37(29-56-52)34-25-35(38-30-57-53(58-31-38)62-48-21-9-3-15-42(48)43-16-4-10-22-49(43)62)27-36(26-34)39-32-59-54(60-33-39)63-50-23-11-5-17-44(50)45-18-6-12-24-51(45)63/h1-33H. The smallest absolute Gasteiger partial charge is 0.234 e. The highest BCUT2D eigenvalue weighted by Gasteiger charge is 2.18. The van der Waals surface area contributed by atoms with E-state index in [1.54, 1.807) is 0 Å². The maximum absolute atomic E-state index is 4.98. The SMILES string of the molecule is c1ccc2c(c1)c1ccccc1n2-c1ncc(-c2cc(-c3cnc(-n4c5ccccc5c5ccccc54)nc3)cc(-c3cnc(-n4c5ccccc5c5ccccc54)nc3)c2)cn1. The molecule has 0 unspecified atom stereocenters. The van der Waals surface area contributed by atoms with Crippen LogP contribution in [-0.4, -0.2) is 43.6 Å². The van der Waals surface area contributed by atoms with Crippen molar-refractivity contribution in [2.45, 2.75) is 0 Å². The Balaban J connectivity index is 0.933. The molecule has 0 aliphatic heterocycles. The predicted octanol–water partition coefficient (Wildman–Crippen LogP) is 12.3. The first-order valence-corrected chi connectivity index (χ1v) is 20.8. The van der Waals surface area contributed by atoms with Crippen molar-refractivity contribution < 1.29 is 0 Å². The first-order valence-electron chi connectivity index (χ1n) is 20.8. The van der Waals surface area contributed by atoms with Crippen molar-refractivity contribution in [2.24, 2.45) is 0 Å². The van der Waals surface area contributed by atoms with E-state index in [-0.39, 0.29) is 0 Å². The van der Waals surface area contributed by atoms with E-state index in [9.17, 15) is 0 Å². The minimum Gasteiger partial charge on any atom is -0.278 e. The molecular formula is C54H33N9. The third-order valence-electron chi connectivity index (χ3n) is 12.2. The summed E-state index contributed by atoms with van der Waals surface area (Å²) in [5.74, 6) is 1.82. The predicted molar refractivity (Wildman–Crippen MR) is 253 cm³/mol. The summed E-state index contributed by atoms with van der Waals surface area (Å²) in [7, 11) is 0. The molecule has 13 rings (SSSR count). The van der Waals surface area contributed by atoms with Crippen LogP contribution < -0.4 is 0 Å². The lowest BCUT2D eigenvalue weighted by molar-refractivity contribution is 0.989. The average molecular weight is 808 g/mol. The molecule has 6 heterocycles. The number of para-hydroxylation sites is 6. The first kappa shape index (κ1) is 35.0. The van der Waals surface area contributed by atoms with Crippen molar-refractivity contribution in [2.75, 3.05) is 0 Å². The number of hydrogen-bond donors (Lipinski definition) is 0. The monoisotopic (exact) mass is 807 g/mol. The van der Waals surface area contributed by atoms with Crippen molar-refractivity contribution in [1.82, 2.24) is 43.6 Å². The quantitative estimate of drug-likeness (QED) is 0.166. The molecule has 0 saturated carbocycles. The van der Waals surface area contributed by atoms with Gasteiger partial charge in [0, 0.05) is 86.2 Å². The van der Waals surface area contributed by atoms with E-state index in [0.29, 0.717) is 17.8 Å². The van der Waals surface area contributed by atoms with E-state index in [4.69, 9.17) is 29.9 Å². The van der Waals surface area contributed by atoms with Gasteiger partial charge in [0.15, 0.2) is 0 Å². The minimum absolute atomic E-state index is 0.607. The molecule has 0 spiro atoms. The molecule has 0 radical (unpaired) electrons. The molecule has 294 valence electrons. The summed E-state index contributed by atoms with van der Waals surface area (Å²) < 4.78 is 6.38. The Morgan fingerprint density at radius 2 is 0.413 bits per heavy atom. The second kappa shape index (κ2) is 13.9. The summed E-state index contributed by atoms with van der Waals surface area (Å²) in [6, 6.07) is 56.8. The van der Waals surface area contributed by atoms with Gasteiger partial charge in [0.25, 0.3) is 0 Å². The first-order chi connectivity index (χ1) is 31.2. The Morgan fingerprint density at radius 3 is 0.619 bits per heavy atom. The Bertz CT molecular complexity index is 3320. The lowest BCUT2D eigenvalue weighted by Crippen LogP contribution is -2.02. The Morgan fingerprint density at radius 1 is 0.222 bits per heavy atom. The fourth-order valence-electron chi connectivity index (χ4n) is 9.30. The number of rotatable bonds is 6. The van der Waals surface area contributed by atoms with Crippen molar-refractivity contribution in [3.8, 4) is 51.2 Å². The lowest BCUT2D eigenvalue weighted by Gasteiger charge is -2.12. The van der Waals surface area contributed by atoms with Gasteiger partial charge in [0.05, 0.1) is 33.1 Å². The van der Waals surface area contributed by atoms with Crippen LogP contribution in [-0.2, 0) is 0 Å². The molecule has 9 heteroatoms. The van der Waals surface area contributed by atoms with E-state index in [0.717, 1.165) is 98.8 Å². The van der Waals surface area contributed by atoms with Crippen LogP contribution >= 0.6 is 0 Å². The van der Waals surface area contributed by atoms with Crippen LogP contribution in [0.2, 0.25) is 0 Å². The molecule has 0 fully saturated rings. The molecule has 0 aliphatic carbocycles. The topological polar surface area (TPSA) is 92.1 Å². The summed E-state index contributed by atoms with van der Waals surface area (Å²) in [6.45, 7) is 0. The van der Waals surface area contributed by atoms with Gasteiger partial charge in [0.1, 0.15) is 0 Å². The normalized spacial score (nSPS) is 11.8. The summed E-state index contributed by atoms with van der Waals surface area (Å²) in [4.78, 5) is 29.9. The van der Waals surface area contributed by atoms with Crippen LogP contribution in [0, 0.1) is 0 Å². The zero-order valence-electron chi connectivity index (χ0n) is 33.6. The zero-order chi connectivity index (χ0) is 41.4. The van der Waals surface area contributed by atoms with Crippen molar-refractivity contribution in [3.63, 3.8) is 0 Å². The fraction of sp³-hybridized carbons (Fsp3) is 0. The molecule has 13 aromatic rings. The summed E-state index contributed by atoms with van der Waals surface area (Å²) in [5.41, 5.74) is 11.8. The number of nitrogens with zero attached hydrogens (tertiary/aromatic N) is 9. The van der Waals surface area contributed by atoms with E-state index in [1.807, 2.05) is 37.2 Å². The molecule has 0 bridgehead atoms. The molecule has 0 saturated heterocycles.